The molecular formula is C20H20BrN5O2S. The van der Waals surface area contributed by atoms with E-state index < -0.39 is 10.8 Å². The van der Waals surface area contributed by atoms with Gasteiger partial charge in [0.2, 0.25) is 5.91 Å². The fraction of sp³-hybridized carbons (Fsp3) is 0.200. The topological polar surface area (TPSA) is 103 Å². The Hall–Kier alpha value is -2.65. The first-order valence-corrected chi connectivity index (χ1v) is 10.6. The largest absolute Gasteiger partial charge is 0.385 e. The average molecular weight is 474 g/mol. The Morgan fingerprint density at radius 3 is 2.72 bits per heavy atom. The number of hydrogen-bond acceptors (Lipinski definition) is 6. The van der Waals surface area contributed by atoms with Crippen molar-refractivity contribution in [2.75, 3.05) is 11.1 Å². The summed E-state index contributed by atoms with van der Waals surface area (Å²) in [5.41, 5.74) is 6.79. The van der Waals surface area contributed by atoms with Gasteiger partial charge in [-0.2, -0.15) is 4.98 Å². The first-order chi connectivity index (χ1) is 13.9. The van der Waals surface area contributed by atoms with E-state index in [9.17, 15) is 9.59 Å². The lowest BCUT2D eigenvalue weighted by molar-refractivity contribution is -0.115. The fourth-order valence-corrected chi connectivity index (χ4v) is 3.77. The van der Waals surface area contributed by atoms with E-state index in [1.165, 1.54) is 17.8 Å². The third kappa shape index (κ3) is 5.91. The van der Waals surface area contributed by atoms with Crippen LogP contribution in [0.1, 0.15) is 12.5 Å². The number of thioether (sulfide) groups is 1. The number of carbonyl (C=O) groups is 1. The molecule has 1 amide bonds. The molecule has 150 valence electrons. The van der Waals surface area contributed by atoms with Crippen molar-refractivity contribution in [2.24, 2.45) is 0 Å². The summed E-state index contributed by atoms with van der Waals surface area (Å²) < 4.78 is 2.59. The Labute approximate surface area is 180 Å². The number of nitrogens with zero attached hydrogens (tertiary/aromatic N) is 3. The van der Waals surface area contributed by atoms with Crippen LogP contribution in [-0.2, 0) is 17.8 Å². The molecule has 1 atom stereocenters. The predicted octanol–water partition coefficient (Wildman–Crippen LogP) is 3.35. The maximum absolute atomic E-state index is 12.5. The highest BCUT2D eigenvalue weighted by Gasteiger charge is 2.19. The van der Waals surface area contributed by atoms with Crippen molar-refractivity contribution in [3.05, 3.63) is 75.1 Å². The molecule has 0 aliphatic heterocycles. The minimum atomic E-state index is -0.503. The molecule has 0 saturated carbocycles. The van der Waals surface area contributed by atoms with Crippen LogP contribution in [0.5, 0.6) is 0 Å². The van der Waals surface area contributed by atoms with Crippen LogP contribution in [0.25, 0.3) is 0 Å². The molecule has 29 heavy (non-hydrogen) atoms. The maximum Gasteiger partial charge on any atom is 0.275 e. The molecule has 0 bridgehead atoms. The molecule has 2 heterocycles. The zero-order valence-electron chi connectivity index (χ0n) is 15.7. The van der Waals surface area contributed by atoms with Crippen LogP contribution in [0.15, 0.2) is 69.2 Å². The maximum atomic E-state index is 12.5. The van der Waals surface area contributed by atoms with Crippen LogP contribution >= 0.6 is 27.7 Å². The molecular weight excluding hydrogens is 454 g/mol. The summed E-state index contributed by atoms with van der Waals surface area (Å²) in [6.45, 7) is 2.30. The van der Waals surface area contributed by atoms with Gasteiger partial charge >= 0.3 is 0 Å². The van der Waals surface area contributed by atoms with E-state index in [2.05, 4.69) is 31.2 Å². The average Bonchev–Trinajstić information content (AvgIpc) is 2.69. The molecule has 0 spiro atoms. The van der Waals surface area contributed by atoms with Crippen molar-refractivity contribution >= 4 is 45.2 Å². The molecule has 7 nitrogen and oxygen atoms in total. The lowest BCUT2D eigenvalue weighted by Gasteiger charge is -2.17. The number of halogens is 1. The number of hydrogen-bond donors (Lipinski definition) is 2. The second-order valence-corrected chi connectivity index (χ2v) is 8.52. The predicted molar refractivity (Wildman–Crippen MR) is 119 cm³/mol. The molecule has 3 rings (SSSR count). The number of amides is 1. The van der Waals surface area contributed by atoms with Crippen molar-refractivity contribution in [3.63, 3.8) is 0 Å². The minimum absolute atomic E-state index is 0.240. The third-order valence-corrected chi connectivity index (χ3v) is 5.68. The van der Waals surface area contributed by atoms with Crippen LogP contribution in [-0.4, -0.2) is 25.7 Å². The minimum Gasteiger partial charge on any atom is -0.385 e. The summed E-state index contributed by atoms with van der Waals surface area (Å²) in [6.07, 6.45) is 2.33. The lowest BCUT2D eigenvalue weighted by atomic mass is 10.1. The summed E-state index contributed by atoms with van der Waals surface area (Å²) in [7, 11) is 0. The van der Waals surface area contributed by atoms with Crippen molar-refractivity contribution in [1.82, 2.24) is 14.5 Å². The van der Waals surface area contributed by atoms with E-state index in [1.54, 1.807) is 29.8 Å². The summed E-state index contributed by atoms with van der Waals surface area (Å²) in [4.78, 5) is 32.6. The number of anilines is 2. The van der Waals surface area contributed by atoms with Crippen LogP contribution in [0.3, 0.4) is 0 Å². The smallest absolute Gasteiger partial charge is 0.275 e. The number of nitrogens with two attached hydrogens (primary N) is 1. The Balaban J connectivity index is 1.73. The molecule has 0 saturated heterocycles. The number of benzene rings is 1. The van der Waals surface area contributed by atoms with Crippen LogP contribution in [0.4, 0.5) is 11.6 Å². The second-order valence-electron chi connectivity index (χ2n) is 6.30. The van der Waals surface area contributed by atoms with Crippen molar-refractivity contribution in [3.8, 4) is 0 Å². The first-order valence-electron chi connectivity index (χ1n) is 8.93. The van der Waals surface area contributed by atoms with Gasteiger partial charge in [0.1, 0.15) is 11.6 Å². The Morgan fingerprint density at radius 2 is 2.03 bits per heavy atom. The van der Waals surface area contributed by atoms with E-state index in [0.717, 1.165) is 16.5 Å². The summed E-state index contributed by atoms with van der Waals surface area (Å²) >= 11 is 4.49. The monoisotopic (exact) mass is 473 g/mol. The first kappa shape index (κ1) is 21.1. The third-order valence-electron chi connectivity index (χ3n) is 4.12. The van der Waals surface area contributed by atoms with Crippen molar-refractivity contribution < 1.29 is 4.79 Å². The Kier molecular flexibility index (Phi) is 7.05. The van der Waals surface area contributed by atoms with E-state index in [0.29, 0.717) is 23.3 Å². The lowest BCUT2D eigenvalue weighted by Crippen LogP contribution is -2.25. The molecule has 0 unspecified atom stereocenters. The SMILES string of the molecule is C[C@H](Sc1nc(=O)cc(N)n1CCc1ccccc1)C(=O)Nc1ccc(Br)cn1. The van der Waals surface area contributed by atoms with Crippen LogP contribution in [0, 0.1) is 0 Å². The molecule has 3 aromatic rings. The standard InChI is InChI=1S/C20H20BrN5O2S/c1-13(19(28)24-17-8-7-15(21)12-23-17)29-20-25-18(27)11-16(22)26(20)10-9-14-5-3-2-4-6-14/h2-8,11-13H,9-10,22H2,1H3,(H,23,24,28)/t13-/m0/s1. The van der Waals surface area contributed by atoms with E-state index in [-0.39, 0.29) is 5.91 Å². The highest BCUT2D eigenvalue weighted by molar-refractivity contribution is 9.10. The van der Waals surface area contributed by atoms with E-state index in [1.807, 2.05) is 30.3 Å². The van der Waals surface area contributed by atoms with Crippen molar-refractivity contribution in [1.29, 1.82) is 0 Å². The van der Waals surface area contributed by atoms with Crippen LogP contribution in [0.2, 0.25) is 0 Å². The molecule has 0 aliphatic carbocycles. The number of carbonyl (C=O) groups excluding carboxylic acids is 1. The molecule has 0 radical (unpaired) electrons. The van der Waals surface area contributed by atoms with Crippen LogP contribution < -0.4 is 16.6 Å². The highest BCUT2D eigenvalue weighted by Crippen LogP contribution is 2.24. The molecule has 0 aliphatic rings. The Bertz CT molecular complexity index is 1040. The summed E-state index contributed by atoms with van der Waals surface area (Å²) in [5, 5.41) is 2.67. The summed E-state index contributed by atoms with van der Waals surface area (Å²) in [5.74, 6) is 0.536. The number of rotatable bonds is 7. The number of aromatic nitrogens is 3. The van der Waals surface area contributed by atoms with Gasteiger partial charge in [-0.1, -0.05) is 42.1 Å². The number of pyridine rings is 1. The van der Waals surface area contributed by atoms with Gasteiger partial charge in [0.15, 0.2) is 5.16 Å². The highest BCUT2D eigenvalue weighted by atomic mass is 79.9. The molecule has 1 aromatic carbocycles. The number of aryl methyl sites for hydroxylation is 1. The van der Waals surface area contributed by atoms with Crippen molar-refractivity contribution in [2.45, 2.75) is 30.3 Å². The quantitative estimate of drug-likeness (QED) is 0.402. The van der Waals surface area contributed by atoms with E-state index >= 15 is 0 Å². The zero-order chi connectivity index (χ0) is 20.8. The number of nitrogens with one attached hydrogen (secondary N) is 1. The molecule has 0 fully saturated rings. The van der Waals surface area contributed by atoms with Gasteiger partial charge in [0.25, 0.3) is 5.56 Å². The molecule has 2 aromatic heterocycles. The fourth-order valence-electron chi connectivity index (χ4n) is 2.59. The van der Waals surface area contributed by atoms with Gasteiger partial charge < -0.3 is 15.6 Å². The molecule has 9 heteroatoms. The van der Waals surface area contributed by atoms with Gasteiger partial charge in [0.05, 0.1) is 5.25 Å². The van der Waals surface area contributed by atoms with Gasteiger partial charge in [-0.25, -0.2) is 4.98 Å². The van der Waals surface area contributed by atoms with E-state index in [4.69, 9.17) is 5.73 Å². The van der Waals surface area contributed by atoms with Gasteiger partial charge in [-0.15, -0.1) is 0 Å². The van der Waals surface area contributed by atoms with Gasteiger partial charge in [0, 0.05) is 23.3 Å². The second kappa shape index (κ2) is 9.71. The summed E-state index contributed by atoms with van der Waals surface area (Å²) in [6, 6.07) is 14.8. The Morgan fingerprint density at radius 1 is 1.28 bits per heavy atom. The zero-order valence-corrected chi connectivity index (χ0v) is 18.1. The molecule has 3 N–H and O–H groups in total. The van der Waals surface area contributed by atoms with Gasteiger partial charge in [-0.05, 0) is 47.0 Å². The number of nitrogen functional groups attached to an aromatic ring is 1. The normalized spacial score (nSPS) is 11.8. The van der Waals surface area contributed by atoms with Gasteiger partial charge in [-0.3, -0.25) is 9.59 Å².